The molecule has 0 amide bonds. The highest BCUT2D eigenvalue weighted by Gasteiger charge is 2.26. The van der Waals surface area contributed by atoms with Gasteiger partial charge in [-0.3, -0.25) is 0 Å². The van der Waals surface area contributed by atoms with Gasteiger partial charge in [0.25, 0.3) is 0 Å². The van der Waals surface area contributed by atoms with Gasteiger partial charge in [-0.2, -0.15) is 10.5 Å². The van der Waals surface area contributed by atoms with Gasteiger partial charge in [0.05, 0.1) is 46.0 Å². The van der Waals surface area contributed by atoms with E-state index in [1.165, 1.54) is 42.3 Å². The highest BCUT2D eigenvalue weighted by molar-refractivity contribution is 8.00. The molecule has 0 saturated heterocycles. The Balaban J connectivity index is 0.966. The molecule has 0 spiro atoms. The summed E-state index contributed by atoms with van der Waals surface area (Å²) in [5, 5.41) is 24.0. The van der Waals surface area contributed by atoms with Crippen LogP contribution in [0.5, 0.6) is 0 Å². The molecular formula is C64H38N4S2. The van der Waals surface area contributed by atoms with Gasteiger partial charge in [-0.25, -0.2) is 0 Å². The average molecular weight is 927 g/mol. The Morgan fingerprint density at radius 1 is 0.300 bits per heavy atom. The molecule has 13 rings (SSSR count). The van der Waals surface area contributed by atoms with E-state index in [2.05, 4.69) is 228 Å². The standard InChI is InChI=1S/C64H38N4S2/c65-39-41-17-21-43(22-18-41)51-35-47-25-26-48-36-52(45-27-31-49(32-28-45)67-57-9-1-5-13-61(57)69-62-14-6-2-10-58(62)67)53(44-23-19-42(40-66)20-24-44)37-55(48)56(47)38-54(51)46-29-33-50(34-30-46)68-59-11-3-7-15-63(59)70-64-16-8-4-12-60(64)68/h1-38H. The van der Waals surface area contributed by atoms with Crippen molar-refractivity contribution >= 4 is 79.2 Å². The van der Waals surface area contributed by atoms with Crippen molar-refractivity contribution in [3.63, 3.8) is 0 Å². The van der Waals surface area contributed by atoms with E-state index in [1.807, 2.05) is 47.8 Å². The predicted molar refractivity (Wildman–Crippen MR) is 290 cm³/mol. The molecule has 0 atom stereocenters. The van der Waals surface area contributed by atoms with Crippen LogP contribution in [0.4, 0.5) is 34.1 Å². The molecule has 2 aliphatic heterocycles. The van der Waals surface area contributed by atoms with E-state index < -0.39 is 0 Å². The SMILES string of the molecule is N#Cc1ccc(-c2cc3ccc4cc(-c5ccc(N6c7ccccc7Sc7ccccc76)cc5)c(-c5ccc(C#N)cc5)cc4c3cc2-c2ccc(N3c4ccccc4Sc4ccccc43)cc2)cc1. The van der Waals surface area contributed by atoms with Gasteiger partial charge in [-0.1, -0.05) is 133 Å². The summed E-state index contributed by atoms with van der Waals surface area (Å²) in [6, 6.07) is 86.6. The van der Waals surface area contributed by atoms with Crippen molar-refractivity contribution in [2.24, 2.45) is 0 Å². The fourth-order valence-corrected chi connectivity index (χ4v) is 12.2. The first-order valence-electron chi connectivity index (χ1n) is 23.2. The summed E-state index contributed by atoms with van der Waals surface area (Å²) in [4.78, 5) is 9.64. The van der Waals surface area contributed by atoms with Crippen LogP contribution in [0.15, 0.2) is 250 Å². The van der Waals surface area contributed by atoms with Crippen molar-refractivity contribution in [2.75, 3.05) is 9.80 Å². The summed E-state index contributed by atoms with van der Waals surface area (Å²) in [6.45, 7) is 0. The Labute approximate surface area is 415 Å². The molecule has 0 aliphatic carbocycles. The summed E-state index contributed by atoms with van der Waals surface area (Å²) in [5.41, 5.74) is 16.8. The molecule has 0 radical (unpaired) electrons. The molecule has 0 unspecified atom stereocenters. The van der Waals surface area contributed by atoms with E-state index in [1.54, 1.807) is 0 Å². The fourth-order valence-electron chi connectivity index (χ4n) is 10.1. The number of fused-ring (bicyclic) bond motifs is 7. The summed E-state index contributed by atoms with van der Waals surface area (Å²) in [7, 11) is 0. The smallest absolute Gasteiger partial charge is 0.0991 e. The van der Waals surface area contributed by atoms with Crippen molar-refractivity contribution in [1.82, 2.24) is 0 Å². The van der Waals surface area contributed by atoms with Crippen molar-refractivity contribution < 1.29 is 0 Å². The molecule has 11 aromatic carbocycles. The number of hydrogen-bond donors (Lipinski definition) is 0. The Morgan fingerprint density at radius 3 is 0.900 bits per heavy atom. The van der Waals surface area contributed by atoms with E-state index in [0.717, 1.165) is 77.4 Å². The van der Waals surface area contributed by atoms with E-state index in [4.69, 9.17) is 0 Å². The van der Waals surface area contributed by atoms with E-state index in [9.17, 15) is 10.5 Å². The first-order chi connectivity index (χ1) is 34.6. The van der Waals surface area contributed by atoms with Crippen LogP contribution >= 0.6 is 23.5 Å². The molecule has 0 fully saturated rings. The van der Waals surface area contributed by atoms with Crippen molar-refractivity contribution in [2.45, 2.75) is 19.6 Å². The predicted octanol–water partition coefficient (Wildman–Crippen LogP) is 18.3. The van der Waals surface area contributed by atoms with Crippen molar-refractivity contribution in [1.29, 1.82) is 10.5 Å². The Hall–Kier alpha value is -8.78. The van der Waals surface area contributed by atoms with Gasteiger partial charge in [0.15, 0.2) is 0 Å². The van der Waals surface area contributed by atoms with Crippen LogP contribution in [-0.2, 0) is 0 Å². The van der Waals surface area contributed by atoms with E-state index >= 15 is 0 Å². The van der Waals surface area contributed by atoms with Gasteiger partial charge >= 0.3 is 0 Å². The molecule has 0 N–H and O–H groups in total. The molecular weight excluding hydrogens is 889 g/mol. The monoisotopic (exact) mass is 926 g/mol. The van der Waals surface area contributed by atoms with Crippen LogP contribution in [-0.4, -0.2) is 0 Å². The first kappa shape index (κ1) is 41.4. The van der Waals surface area contributed by atoms with Crippen LogP contribution in [0.2, 0.25) is 0 Å². The number of rotatable bonds is 6. The molecule has 0 aromatic heterocycles. The van der Waals surface area contributed by atoms with Gasteiger partial charge in [-0.05, 0) is 187 Å². The molecule has 4 nitrogen and oxygen atoms in total. The maximum absolute atomic E-state index is 9.79. The second-order valence-corrected chi connectivity index (χ2v) is 19.7. The largest absolute Gasteiger partial charge is 0.308 e. The third-order valence-electron chi connectivity index (χ3n) is 13.5. The number of para-hydroxylation sites is 4. The summed E-state index contributed by atoms with van der Waals surface area (Å²) < 4.78 is 0. The normalized spacial score (nSPS) is 12.4. The lowest BCUT2D eigenvalue weighted by atomic mass is 9.87. The molecule has 11 aromatic rings. The zero-order chi connectivity index (χ0) is 46.7. The molecule has 70 heavy (non-hydrogen) atoms. The number of hydrogen-bond acceptors (Lipinski definition) is 6. The quantitative estimate of drug-likeness (QED) is 0.155. The third-order valence-corrected chi connectivity index (χ3v) is 15.8. The van der Waals surface area contributed by atoms with Crippen LogP contribution < -0.4 is 9.80 Å². The maximum Gasteiger partial charge on any atom is 0.0991 e. The second kappa shape index (κ2) is 17.1. The first-order valence-corrected chi connectivity index (χ1v) is 24.8. The number of nitriles is 2. The lowest BCUT2D eigenvalue weighted by Gasteiger charge is -2.33. The summed E-state index contributed by atoms with van der Waals surface area (Å²) >= 11 is 3.62. The van der Waals surface area contributed by atoms with Crippen LogP contribution in [0.3, 0.4) is 0 Å². The zero-order valence-corrected chi connectivity index (χ0v) is 39.2. The van der Waals surface area contributed by atoms with Gasteiger partial charge in [0.2, 0.25) is 0 Å². The lowest BCUT2D eigenvalue weighted by molar-refractivity contribution is 1.17. The molecule has 6 heteroatoms. The molecule has 0 saturated carbocycles. The van der Waals surface area contributed by atoms with Gasteiger partial charge in [0.1, 0.15) is 0 Å². The number of anilines is 6. The summed E-state index contributed by atoms with van der Waals surface area (Å²) in [5.74, 6) is 0. The molecule has 2 aliphatic rings. The highest BCUT2D eigenvalue weighted by Crippen LogP contribution is 2.53. The number of benzene rings is 11. The molecule has 0 bridgehead atoms. The van der Waals surface area contributed by atoms with Crippen molar-refractivity contribution in [3.05, 3.63) is 242 Å². The maximum atomic E-state index is 9.79. The minimum absolute atomic E-state index is 0.625. The Bertz CT molecular complexity index is 3870. The van der Waals surface area contributed by atoms with Gasteiger partial charge in [-0.15, -0.1) is 0 Å². The topological polar surface area (TPSA) is 54.1 Å². The van der Waals surface area contributed by atoms with E-state index in [-0.39, 0.29) is 0 Å². The zero-order valence-electron chi connectivity index (χ0n) is 37.5. The minimum Gasteiger partial charge on any atom is -0.308 e. The van der Waals surface area contributed by atoms with Crippen molar-refractivity contribution in [3.8, 4) is 56.6 Å². The highest BCUT2D eigenvalue weighted by atomic mass is 32.2. The van der Waals surface area contributed by atoms with Crippen LogP contribution in [0, 0.1) is 22.7 Å². The van der Waals surface area contributed by atoms with E-state index in [0.29, 0.717) is 11.1 Å². The Morgan fingerprint density at radius 2 is 0.586 bits per heavy atom. The third kappa shape index (κ3) is 7.09. The summed E-state index contributed by atoms with van der Waals surface area (Å²) in [6.07, 6.45) is 0. The number of nitrogens with zero attached hydrogens (tertiary/aromatic N) is 4. The van der Waals surface area contributed by atoms with Gasteiger partial charge < -0.3 is 9.80 Å². The minimum atomic E-state index is 0.625. The molecule has 2 heterocycles. The fraction of sp³-hybridized carbons (Fsp3) is 0. The van der Waals surface area contributed by atoms with Crippen LogP contribution in [0.1, 0.15) is 11.1 Å². The lowest BCUT2D eigenvalue weighted by Crippen LogP contribution is -2.14. The molecule has 326 valence electrons. The average Bonchev–Trinajstić information content (AvgIpc) is 3.43. The second-order valence-electron chi connectivity index (χ2n) is 17.5. The Kier molecular flexibility index (Phi) is 10.1. The van der Waals surface area contributed by atoms with Gasteiger partial charge in [0, 0.05) is 31.0 Å². The van der Waals surface area contributed by atoms with Crippen LogP contribution in [0.25, 0.3) is 66.1 Å².